The Balaban J connectivity index is 1.78. The number of aryl methyl sites for hydroxylation is 2. The van der Waals surface area contributed by atoms with Crippen LogP contribution in [0.3, 0.4) is 0 Å². The molecule has 0 spiro atoms. The van der Waals surface area contributed by atoms with Crippen molar-refractivity contribution in [3.63, 3.8) is 0 Å². The molecule has 1 radical (unpaired) electrons. The molecule has 3 nitrogen and oxygen atoms in total. The Hall–Kier alpha value is -1.90. The molecule has 1 aromatic heterocycles. The van der Waals surface area contributed by atoms with Crippen LogP contribution in [0.25, 0.3) is 0 Å². The van der Waals surface area contributed by atoms with E-state index < -0.39 is 0 Å². The fraction of sp³-hybridized carbons (Fsp3) is 0.375. The normalized spacial score (nSPS) is 12.3. The van der Waals surface area contributed by atoms with E-state index in [1.807, 2.05) is 49.6 Å². The number of hydrogen-bond donors (Lipinski definition) is 0. The molecule has 0 aliphatic heterocycles. The van der Waals surface area contributed by atoms with Gasteiger partial charge < -0.3 is 4.57 Å². The summed E-state index contributed by atoms with van der Waals surface area (Å²) in [7, 11) is 0. The van der Waals surface area contributed by atoms with Crippen molar-refractivity contribution >= 4 is 6.29 Å². The summed E-state index contributed by atoms with van der Waals surface area (Å²) >= 11 is 0. The van der Waals surface area contributed by atoms with Crippen LogP contribution in [0.4, 0.5) is 0 Å². The second kappa shape index (κ2) is 6.88. The molecule has 0 fully saturated rings. The van der Waals surface area contributed by atoms with Crippen LogP contribution < -0.4 is 0 Å². The Morgan fingerprint density at radius 3 is 2.68 bits per heavy atom. The predicted molar refractivity (Wildman–Crippen MR) is 75.7 cm³/mol. The number of benzene rings is 1. The smallest absolute Gasteiger partial charge is 0.206 e. The van der Waals surface area contributed by atoms with E-state index in [1.54, 1.807) is 0 Å². The van der Waals surface area contributed by atoms with Crippen molar-refractivity contribution in [2.75, 3.05) is 0 Å². The fourth-order valence-corrected chi connectivity index (χ4v) is 2.25. The van der Waals surface area contributed by atoms with E-state index in [-0.39, 0.29) is 5.92 Å². The van der Waals surface area contributed by atoms with Crippen molar-refractivity contribution in [2.45, 2.75) is 38.6 Å². The Morgan fingerprint density at radius 2 is 2.05 bits per heavy atom. The van der Waals surface area contributed by atoms with E-state index in [0.29, 0.717) is 0 Å². The van der Waals surface area contributed by atoms with E-state index in [1.165, 1.54) is 0 Å². The van der Waals surface area contributed by atoms with Crippen LogP contribution in [0.2, 0.25) is 0 Å². The van der Waals surface area contributed by atoms with Crippen molar-refractivity contribution < 1.29 is 4.79 Å². The lowest BCUT2D eigenvalue weighted by atomic mass is 9.95. The SMILES string of the molecule is Cc1nccn1CCCCC([C]=O)c1ccccc1. The molecular weight excluding hydrogens is 236 g/mol. The molecule has 0 aliphatic carbocycles. The second-order valence-electron chi connectivity index (χ2n) is 4.74. The van der Waals surface area contributed by atoms with Gasteiger partial charge in [0, 0.05) is 18.9 Å². The number of rotatable bonds is 7. The molecule has 1 atom stereocenters. The molecule has 2 aromatic rings. The molecule has 1 unspecified atom stereocenters. The summed E-state index contributed by atoms with van der Waals surface area (Å²) in [4.78, 5) is 15.2. The number of carbonyl (C=O) groups excluding carboxylic acids is 1. The van der Waals surface area contributed by atoms with Gasteiger partial charge >= 0.3 is 0 Å². The zero-order valence-electron chi connectivity index (χ0n) is 11.2. The third-order valence-electron chi connectivity index (χ3n) is 3.41. The van der Waals surface area contributed by atoms with Crippen LogP contribution >= 0.6 is 0 Å². The molecule has 1 aromatic carbocycles. The van der Waals surface area contributed by atoms with Crippen LogP contribution in [0, 0.1) is 6.92 Å². The molecule has 2 rings (SSSR count). The summed E-state index contributed by atoms with van der Waals surface area (Å²) in [5, 5.41) is 0. The van der Waals surface area contributed by atoms with Crippen molar-refractivity contribution in [3.8, 4) is 0 Å². The first-order chi connectivity index (χ1) is 9.31. The first-order valence-electron chi connectivity index (χ1n) is 6.71. The molecule has 0 bridgehead atoms. The number of aromatic nitrogens is 2. The van der Waals surface area contributed by atoms with Gasteiger partial charge in [-0.25, -0.2) is 4.98 Å². The molecule has 0 saturated heterocycles. The summed E-state index contributed by atoms with van der Waals surface area (Å²) in [6, 6.07) is 9.89. The first-order valence-corrected chi connectivity index (χ1v) is 6.71. The number of imidazole rings is 1. The minimum atomic E-state index is -0.0925. The van der Waals surface area contributed by atoms with Crippen LogP contribution in [-0.4, -0.2) is 15.8 Å². The van der Waals surface area contributed by atoms with Gasteiger partial charge in [-0.05, 0) is 25.3 Å². The molecular formula is C16H19N2O. The topological polar surface area (TPSA) is 34.9 Å². The minimum Gasteiger partial charge on any atom is -0.335 e. The van der Waals surface area contributed by atoms with Gasteiger partial charge in [-0.15, -0.1) is 0 Å². The van der Waals surface area contributed by atoms with Crippen molar-refractivity contribution in [2.24, 2.45) is 0 Å². The second-order valence-corrected chi connectivity index (χ2v) is 4.74. The highest BCUT2D eigenvalue weighted by molar-refractivity contribution is 5.62. The lowest BCUT2D eigenvalue weighted by Crippen LogP contribution is -2.03. The maximum Gasteiger partial charge on any atom is 0.206 e. The molecule has 0 amide bonds. The average Bonchev–Trinajstić information content (AvgIpc) is 2.85. The van der Waals surface area contributed by atoms with Crippen molar-refractivity contribution in [1.82, 2.24) is 9.55 Å². The Labute approximate surface area is 114 Å². The highest BCUT2D eigenvalue weighted by Gasteiger charge is 2.10. The van der Waals surface area contributed by atoms with E-state index in [9.17, 15) is 4.79 Å². The molecule has 0 aliphatic rings. The minimum absolute atomic E-state index is 0.0925. The monoisotopic (exact) mass is 255 g/mol. The van der Waals surface area contributed by atoms with Gasteiger partial charge in [0.15, 0.2) is 0 Å². The average molecular weight is 255 g/mol. The van der Waals surface area contributed by atoms with E-state index in [4.69, 9.17) is 0 Å². The zero-order chi connectivity index (χ0) is 13.5. The van der Waals surface area contributed by atoms with Gasteiger partial charge in [0.05, 0.1) is 5.92 Å². The first kappa shape index (κ1) is 13.5. The maximum absolute atomic E-state index is 11.0. The molecule has 99 valence electrons. The molecule has 19 heavy (non-hydrogen) atoms. The van der Waals surface area contributed by atoms with Crippen LogP contribution in [0.5, 0.6) is 0 Å². The largest absolute Gasteiger partial charge is 0.335 e. The van der Waals surface area contributed by atoms with Crippen LogP contribution in [-0.2, 0) is 11.3 Å². The fourth-order valence-electron chi connectivity index (χ4n) is 2.25. The molecule has 3 heteroatoms. The van der Waals surface area contributed by atoms with Gasteiger partial charge in [0.25, 0.3) is 0 Å². The maximum atomic E-state index is 11.0. The molecule has 1 heterocycles. The highest BCUT2D eigenvalue weighted by Crippen LogP contribution is 2.19. The van der Waals surface area contributed by atoms with E-state index >= 15 is 0 Å². The highest BCUT2D eigenvalue weighted by atomic mass is 16.1. The van der Waals surface area contributed by atoms with Gasteiger partial charge in [0.1, 0.15) is 5.82 Å². The lowest BCUT2D eigenvalue weighted by molar-refractivity contribution is 0.520. The number of nitrogens with zero attached hydrogens (tertiary/aromatic N) is 2. The lowest BCUT2D eigenvalue weighted by Gasteiger charge is -2.10. The van der Waals surface area contributed by atoms with Crippen LogP contribution in [0.15, 0.2) is 42.7 Å². The number of hydrogen-bond acceptors (Lipinski definition) is 2. The van der Waals surface area contributed by atoms with Gasteiger partial charge in [-0.1, -0.05) is 36.8 Å². The van der Waals surface area contributed by atoms with Gasteiger partial charge in [0.2, 0.25) is 6.29 Å². The van der Waals surface area contributed by atoms with E-state index in [2.05, 4.69) is 15.8 Å². The summed E-state index contributed by atoms with van der Waals surface area (Å²) in [6.45, 7) is 2.97. The Bertz CT molecular complexity index is 504. The third-order valence-corrected chi connectivity index (χ3v) is 3.41. The summed E-state index contributed by atoms with van der Waals surface area (Å²) in [6.07, 6.45) is 8.91. The standard InChI is InChI=1S/C16H19N2O/c1-14-17-10-12-18(14)11-6-5-9-16(13-19)15-7-3-2-4-8-15/h2-4,7-8,10,12,16H,5-6,9,11H2,1H3. The zero-order valence-corrected chi connectivity index (χ0v) is 11.2. The van der Waals surface area contributed by atoms with Crippen molar-refractivity contribution in [3.05, 3.63) is 54.1 Å². The summed E-state index contributed by atoms with van der Waals surface area (Å²) in [5.41, 5.74) is 1.07. The van der Waals surface area contributed by atoms with Gasteiger partial charge in [-0.2, -0.15) is 0 Å². The van der Waals surface area contributed by atoms with Crippen molar-refractivity contribution in [1.29, 1.82) is 0 Å². The Morgan fingerprint density at radius 1 is 1.26 bits per heavy atom. The predicted octanol–water partition coefficient (Wildman–Crippen LogP) is 3.26. The Kier molecular flexibility index (Phi) is 4.90. The van der Waals surface area contributed by atoms with Gasteiger partial charge in [-0.3, -0.25) is 4.79 Å². The van der Waals surface area contributed by atoms with E-state index in [0.717, 1.165) is 37.2 Å². The van der Waals surface area contributed by atoms with Crippen LogP contribution in [0.1, 0.15) is 36.6 Å². The molecule has 0 N–H and O–H groups in total. The molecule has 0 saturated carbocycles. The quantitative estimate of drug-likeness (QED) is 0.712. The third kappa shape index (κ3) is 3.78. The summed E-state index contributed by atoms with van der Waals surface area (Å²) < 4.78 is 2.14. The summed E-state index contributed by atoms with van der Waals surface area (Å²) in [5.74, 6) is 0.951. The number of unbranched alkanes of at least 4 members (excludes halogenated alkanes) is 1.